The Labute approximate surface area is 158 Å². The summed E-state index contributed by atoms with van der Waals surface area (Å²) in [5.74, 6) is 0.773. The minimum absolute atomic E-state index is 0.0402. The van der Waals surface area contributed by atoms with Crippen molar-refractivity contribution in [1.29, 1.82) is 0 Å². The zero-order valence-electron chi connectivity index (χ0n) is 14.8. The average molecular weight is 380 g/mol. The van der Waals surface area contributed by atoms with Crippen LogP contribution in [0.15, 0.2) is 36.4 Å². The second-order valence-electron chi connectivity index (χ2n) is 6.24. The average Bonchev–Trinajstić information content (AvgIpc) is 3.15. The molecule has 0 saturated carbocycles. The lowest BCUT2D eigenvalue weighted by molar-refractivity contribution is 0.110. The van der Waals surface area contributed by atoms with Crippen molar-refractivity contribution in [2.75, 3.05) is 20.3 Å². The van der Waals surface area contributed by atoms with Crippen molar-refractivity contribution in [3.63, 3.8) is 0 Å². The van der Waals surface area contributed by atoms with E-state index in [0.717, 1.165) is 38.1 Å². The maximum atomic E-state index is 13.9. The van der Waals surface area contributed by atoms with Crippen molar-refractivity contribution in [3.05, 3.63) is 58.4 Å². The molecule has 1 unspecified atom stereocenters. The molecule has 1 heterocycles. The molecule has 4 nitrogen and oxygen atoms in total. The molecule has 3 rings (SSSR count). The van der Waals surface area contributed by atoms with Gasteiger partial charge in [0.05, 0.1) is 18.2 Å². The molecule has 0 bridgehead atoms. The summed E-state index contributed by atoms with van der Waals surface area (Å²) in [5, 5.41) is 3.74. The summed E-state index contributed by atoms with van der Waals surface area (Å²) in [4.78, 5) is 0. The van der Waals surface area contributed by atoms with Gasteiger partial charge in [0.1, 0.15) is 12.4 Å². The third-order valence-corrected chi connectivity index (χ3v) is 4.74. The van der Waals surface area contributed by atoms with E-state index in [0.29, 0.717) is 28.2 Å². The molecule has 0 radical (unpaired) electrons. The number of hydrogen-bond donors (Lipinski definition) is 1. The SMILES string of the molecule is COc1cc(CNCC2CCCO2)ccc1OCc1c(F)cccc1Cl. The van der Waals surface area contributed by atoms with Crippen molar-refractivity contribution in [3.8, 4) is 11.5 Å². The highest BCUT2D eigenvalue weighted by Crippen LogP contribution is 2.30. The van der Waals surface area contributed by atoms with Crippen LogP contribution in [0, 0.1) is 5.82 Å². The first-order chi connectivity index (χ1) is 12.7. The van der Waals surface area contributed by atoms with E-state index in [1.54, 1.807) is 19.2 Å². The van der Waals surface area contributed by atoms with Crippen LogP contribution in [0.2, 0.25) is 5.02 Å². The molecule has 2 aromatic carbocycles. The summed E-state index contributed by atoms with van der Waals surface area (Å²) in [7, 11) is 1.59. The highest BCUT2D eigenvalue weighted by atomic mass is 35.5. The monoisotopic (exact) mass is 379 g/mol. The molecule has 1 fully saturated rings. The number of halogens is 2. The predicted octanol–water partition coefficient (Wildman–Crippen LogP) is 4.34. The number of nitrogens with one attached hydrogen (secondary N) is 1. The summed E-state index contributed by atoms with van der Waals surface area (Å²) in [6.07, 6.45) is 2.56. The van der Waals surface area contributed by atoms with Crippen LogP contribution in [0.4, 0.5) is 4.39 Å². The molecule has 1 atom stereocenters. The fourth-order valence-electron chi connectivity index (χ4n) is 2.94. The number of hydrogen-bond acceptors (Lipinski definition) is 4. The van der Waals surface area contributed by atoms with Crippen LogP contribution in [-0.4, -0.2) is 26.4 Å². The molecule has 0 aromatic heterocycles. The van der Waals surface area contributed by atoms with E-state index in [4.69, 9.17) is 25.8 Å². The van der Waals surface area contributed by atoms with Crippen LogP contribution < -0.4 is 14.8 Å². The Balaban J connectivity index is 1.59. The van der Waals surface area contributed by atoms with Crippen molar-refractivity contribution >= 4 is 11.6 Å². The quantitative estimate of drug-likeness (QED) is 0.740. The second-order valence-corrected chi connectivity index (χ2v) is 6.65. The van der Waals surface area contributed by atoms with Crippen LogP contribution in [0.1, 0.15) is 24.0 Å². The third kappa shape index (κ3) is 4.87. The van der Waals surface area contributed by atoms with Gasteiger partial charge in [-0.25, -0.2) is 4.39 Å². The van der Waals surface area contributed by atoms with Gasteiger partial charge in [-0.15, -0.1) is 0 Å². The van der Waals surface area contributed by atoms with Gasteiger partial charge in [0.25, 0.3) is 0 Å². The van der Waals surface area contributed by atoms with Crippen molar-refractivity contribution in [1.82, 2.24) is 5.32 Å². The Bertz CT molecular complexity index is 715. The summed E-state index contributed by atoms with van der Waals surface area (Å²) >= 11 is 6.04. The highest BCUT2D eigenvalue weighted by molar-refractivity contribution is 6.31. The maximum absolute atomic E-state index is 13.9. The third-order valence-electron chi connectivity index (χ3n) is 4.39. The Kier molecular flexibility index (Phi) is 6.72. The van der Waals surface area contributed by atoms with Gasteiger partial charge in [-0.3, -0.25) is 0 Å². The molecule has 26 heavy (non-hydrogen) atoms. The van der Waals surface area contributed by atoms with E-state index in [1.807, 2.05) is 18.2 Å². The fraction of sp³-hybridized carbons (Fsp3) is 0.400. The Morgan fingerprint density at radius 2 is 2.15 bits per heavy atom. The molecule has 140 valence electrons. The van der Waals surface area contributed by atoms with Gasteiger partial charge in [0, 0.05) is 25.3 Å². The fourth-order valence-corrected chi connectivity index (χ4v) is 3.16. The minimum Gasteiger partial charge on any atom is -0.493 e. The Morgan fingerprint density at radius 3 is 2.88 bits per heavy atom. The summed E-state index contributed by atoms with van der Waals surface area (Å²) < 4.78 is 30.6. The molecule has 6 heteroatoms. The van der Waals surface area contributed by atoms with Crippen LogP contribution in [0.25, 0.3) is 0 Å². The number of rotatable bonds is 8. The van der Waals surface area contributed by atoms with Crippen LogP contribution in [-0.2, 0) is 17.9 Å². The van der Waals surface area contributed by atoms with E-state index in [2.05, 4.69) is 5.32 Å². The Morgan fingerprint density at radius 1 is 1.27 bits per heavy atom. The van der Waals surface area contributed by atoms with E-state index < -0.39 is 0 Å². The lowest BCUT2D eigenvalue weighted by Gasteiger charge is -2.14. The van der Waals surface area contributed by atoms with Gasteiger partial charge in [-0.1, -0.05) is 23.7 Å². The molecular formula is C20H23ClFNO3. The van der Waals surface area contributed by atoms with Crippen molar-refractivity contribution < 1.29 is 18.6 Å². The van der Waals surface area contributed by atoms with Crippen molar-refractivity contribution in [2.45, 2.75) is 32.1 Å². The zero-order chi connectivity index (χ0) is 18.4. The van der Waals surface area contributed by atoms with E-state index in [-0.39, 0.29) is 12.4 Å². The van der Waals surface area contributed by atoms with Crippen LogP contribution in [0.5, 0.6) is 11.5 Å². The van der Waals surface area contributed by atoms with Crippen molar-refractivity contribution in [2.24, 2.45) is 0 Å². The molecule has 0 aliphatic carbocycles. The van der Waals surface area contributed by atoms with Crippen LogP contribution >= 0.6 is 11.6 Å². The Hall–Kier alpha value is -1.82. The first-order valence-corrected chi connectivity index (χ1v) is 9.10. The van der Waals surface area contributed by atoms with Gasteiger partial charge < -0.3 is 19.5 Å². The first kappa shape index (κ1) is 19.0. The molecule has 1 aliphatic heterocycles. The van der Waals surface area contributed by atoms with E-state index in [9.17, 15) is 4.39 Å². The number of methoxy groups -OCH3 is 1. The first-order valence-electron chi connectivity index (χ1n) is 8.72. The topological polar surface area (TPSA) is 39.7 Å². The van der Waals surface area contributed by atoms with Gasteiger partial charge in [0.15, 0.2) is 11.5 Å². The zero-order valence-corrected chi connectivity index (χ0v) is 15.5. The van der Waals surface area contributed by atoms with Gasteiger partial charge >= 0.3 is 0 Å². The lowest BCUT2D eigenvalue weighted by atomic mass is 10.2. The van der Waals surface area contributed by atoms with Gasteiger partial charge in [-0.05, 0) is 42.7 Å². The minimum atomic E-state index is -0.383. The molecule has 0 spiro atoms. The van der Waals surface area contributed by atoms with E-state index in [1.165, 1.54) is 6.07 Å². The number of ether oxygens (including phenoxy) is 3. The predicted molar refractivity (Wildman–Crippen MR) is 99.4 cm³/mol. The molecule has 1 N–H and O–H groups in total. The lowest BCUT2D eigenvalue weighted by Crippen LogP contribution is -2.25. The second kappa shape index (κ2) is 9.21. The standard InChI is InChI=1S/C20H23ClFNO3/c1-24-20-10-14(11-23-12-15-4-3-9-25-15)7-8-19(20)26-13-16-17(21)5-2-6-18(16)22/h2,5-8,10,15,23H,3-4,9,11-13H2,1H3. The molecule has 0 amide bonds. The van der Waals surface area contributed by atoms with Gasteiger partial charge in [-0.2, -0.15) is 0 Å². The molecule has 2 aromatic rings. The molecular weight excluding hydrogens is 357 g/mol. The van der Waals surface area contributed by atoms with Gasteiger partial charge in [0.2, 0.25) is 0 Å². The van der Waals surface area contributed by atoms with Crippen LogP contribution in [0.3, 0.4) is 0 Å². The largest absolute Gasteiger partial charge is 0.493 e. The number of benzene rings is 2. The summed E-state index contributed by atoms with van der Waals surface area (Å²) in [6.45, 7) is 2.46. The highest BCUT2D eigenvalue weighted by Gasteiger charge is 2.15. The molecule has 1 saturated heterocycles. The summed E-state index contributed by atoms with van der Waals surface area (Å²) in [5.41, 5.74) is 1.41. The van der Waals surface area contributed by atoms with E-state index >= 15 is 0 Å². The normalized spacial score (nSPS) is 16.7. The molecule has 1 aliphatic rings. The maximum Gasteiger partial charge on any atom is 0.161 e. The summed E-state index contributed by atoms with van der Waals surface area (Å²) in [6, 6.07) is 10.3. The smallest absolute Gasteiger partial charge is 0.161 e.